The number of aromatic nitrogens is 3. The molecule has 2 aliphatic heterocycles. The number of likely N-dealkylation sites (tertiary alicyclic amines) is 1. The van der Waals surface area contributed by atoms with Crippen molar-refractivity contribution < 1.29 is 14.6 Å². The molecule has 39 heavy (non-hydrogen) atoms. The van der Waals surface area contributed by atoms with Gasteiger partial charge < -0.3 is 28.8 Å². The van der Waals surface area contributed by atoms with Crippen molar-refractivity contribution in [2.75, 3.05) is 38.3 Å². The minimum absolute atomic E-state index is 0.0942. The summed E-state index contributed by atoms with van der Waals surface area (Å²) in [4.78, 5) is 23.2. The average molecular weight is 528 g/mol. The number of fused-ring (bicyclic) bond motifs is 3. The maximum absolute atomic E-state index is 13.6. The molecule has 3 aliphatic rings. The van der Waals surface area contributed by atoms with Gasteiger partial charge in [0.15, 0.2) is 5.82 Å². The maximum Gasteiger partial charge on any atom is 0.254 e. The van der Waals surface area contributed by atoms with E-state index >= 15 is 0 Å². The number of ether oxygens (including phenoxy) is 1. The molecule has 4 heterocycles. The number of aliphatic hydroxyl groups excluding tert-OH is 1. The Morgan fingerprint density at radius 3 is 2.74 bits per heavy atom. The lowest BCUT2D eigenvalue weighted by Crippen LogP contribution is -2.37. The number of hydrogen-bond donors (Lipinski definition) is 1. The fraction of sp³-hybridized carbons (Fsp3) is 0.484. The van der Waals surface area contributed by atoms with Gasteiger partial charge in [-0.05, 0) is 62.3 Å². The van der Waals surface area contributed by atoms with Crippen molar-refractivity contribution in [3.8, 4) is 17.3 Å². The molecule has 8 nitrogen and oxygen atoms in total. The molecule has 1 saturated carbocycles. The van der Waals surface area contributed by atoms with Crippen LogP contribution in [0.3, 0.4) is 0 Å². The molecular weight excluding hydrogens is 490 g/mol. The normalized spacial score (nSPS) is 22.0. The van der Waals surface area contributed by atoms with Gasteiger partial charge in [-0.25, -0.2) is 4.98 Å². The Kier molecular flexibility index (Phi) is 5.84. The van der Waals surface area contributed by atoms with Crippen LogP contribution in [0.4, 0.5) is 5.69 Å². The van der Waals surface area contributed by atoms with E-state index in [2.05, 4.69) is 50.1 Å². The van der Waals surface area contributed by atoms with Gasteiger partial charge in [-0.15, -0.1) is 0 Å². The van der Waals surface area contributed by atoms with Gasteiger partial charge in [0.1, 0.15) is 11.3 Å². The molecule has 1 aliphatic carbocycles. The number of piperidine rings is 1. The molecule has 4 aromatic rings. The minimum Gasteiger partial charge on any atom is -0.494 e. The molecule has 0 radical (unpaired) electrons. The second-order valence-electron chi connectivity index (χ2n) is 11.5. The molecule has 2 aromatic carbocycles. The Bertz CT molecular complexity index is 1590. The Labute approximate surface area is 228 Å². The molecule has 204 valence electrons. The SMILES string of the molecule is CCC1CN(CCCO)c2cccc3cc(-c4nc5cc(C(=O)N6C[C@H]7CC[C@@H]6C7)cc(OC)c5n4C)n1c23. The lowest BCUT2D eigenvalue weighted by molar-refractivity contribution is 0.0703. The highest BCUT2D eigenvalue weighted by Crippen LogP contribution is 2.43. The first-order chi connectivity index (χ1) is 19.0. The van der Waals surface area contributed by atoms with Gasteiger partial charge in [0, 0.05) is 50.3 Å². The molecule has 3 atom stereocenters. The molecule has 2 aromatic heterocycles. The predicted molar refractivity (Wildman–Crippen MR) is 154 cm³/mol. The fourth-order valence-electron chi connectivity index (χ4n) is 7.45. The number of amides is 1. The number of aliphatic hydroxyl groups is 1. The van der Waals surface area contributed by atoms with Crippen LogP contribution in [0, 0.1) is 5.92 Å². The number of rotatable bonds is 7. The molecular formula is C31H37N5O3. The summed E-state index contributed by atoms with van der Waals surface area (Å²) in [5, 5.41) is 10.7. The lowest BCUT2D eigenvalue weighted by atomic mass is 10.1. The summed E-state index contributed by atoms with van der Waals surface area (Å²) in [6, 6.07) is 13.2. The smallest absolute Gasteiger partial charge is 0.254 e. The van der Waals surface area contributed by atoms with Crippen molar-refractivity contribution in [2.45, 2.75) is 51.1 Å². The number of anilines is 1. The predicted octanol–water partition coefficient (Wildman–Crippen LogP) is 4.98. The number of carbonyl (C=O) groups excluding carboxylic acids is 1. The molecule has 8 heteroatoms. The van der Waals surface area contributed by atoms with Crippen LogP contribution in [-0.2, 0) is 7.05 Å². The highest BCUT2D eigenvalue weighted by atomic mass is 16.5. The zero-order valence-corrected chi connectivity index (χ0v) is 23.1. The van der Waals surface area contributed by atoms with Crippen LogP contribution >= 0.6 is 0 Å². The molecule has 1 N–H and O–H groups in total. The largest absolute Gasteiger partial charge is 0.494 e. The van der Waals surface area contributed by atoms with Crippen LogP contribution in [0.25, 0.3) is 33.5 Å². The zero-order valence-electron chi connectivity index (χ0n) is 23.1. The first kappa shape index (κ1) is 24.5. The van der Waals surface area contributed by atoms with Crippen LogP contribution in [-0.4, -0.2) is 69.4 Å². The lowest BCUT2D eigenvalue weighted by Gasteiger charge is -2.36. The van der Waals surface area contributed by atoms with E-state index in [4.69, 9.17) is 9.72 Å². The van der Waals surface area contributed by atoms with Gasteiger partial charge >= 0.3 is 0 Å². The molecule has 1 amide bonds. The standard InChI is InChI=1S/C31H37N5O3/c1-4-22-18-34(11-6-12-37)25-8-5-7-20-15-26(36(22)28(20)25)30-32-24-14-21(16-27(39-3)29(24)33(30)2)31(38)35-17-19-9-10-23(35)13-19/h5,7-8,14-16,19,22-23,37H,4,6,9-13,17-18H2,1-3H3/t19-,22?,23+/m0/s1. The van der Waals surface area contributed by atoms with E-state index in [1.165, 1.54) is 23.0 Å². The second-order valence-corrected chi connectivity index (χ2v) is 11.5. The number of hydrogen-bond acceptors (Lipinski definition) is 5. The number of carbonyl (C=O) groups is 1. The van der Waals surface area contributed by atoms with Crippen molar-refractivity contribution in [1.29, 1.82) is 0 Å². The third-order valence-electron chi connectivity index (χ3n) is 9.33. The Hall–Kier alpha value is -3.52. The van der Waals surface area contributed by atoms with Gasteiger partial charge in [0.05, 0.1) is 35.6 Å². The highest BCUT2D eigenvalue weighted by Gasteiger charge is 2.40. The summed E-state index contributed by atoms with van der Waals surface area (Å²) < 4.78 is 10.4. The third-order valence-corrected chi connectivity index (χ3v) is 9.33. The van der Waals surface area contributed by atoms with Crippen molar-refractivity contribution in [2.24, 2.45) is 13.0 Å². The van der Waals surface area contributed by atoms with Crippen molar-refractivity contribution in [3.05, 3.63) is 42.0 Å². The van der Waals surface area contributed by atoms with E-state index in [0.29, 0.717) is 23.3 Å². The Balaban J connectivity index is 1.36. The third kappa shape index (κ3) is 3.68. The number of nitrogens with zero attached hydrogens (tertiary/aromatic N) is 5. The Morgan fingerprint density at radius 2 is 2.03 bits per heavy atom. The van der Waals surface area contributed by atoms with Crippen LogP contribution < -0.4 is 9.64 Å². The average Bonchev–Trinajstić information content (AvgIpc) is 3.75. The summed E-state index contributed by atoms with van der Waals surface area (Å²) in [7, 11) is 3.71. The molecule has 0 spiro atoms. The van der Waals surface area contributed by atoms with Gasteiger partial charge in [-0.2, -0.15) is 0 Å². The molecule has 7 rings (SSSR count). The first-order valence-electron chi connectivity index (χ1n) is 14.4. The minimum atomic E-state index is 0.0942. The van der Waals surface area contributed by atoms with Crippen molar-refractivity contribution in [1.82, 2.24) is 19.0 Å². The second kappa shape index (κ2) is 9.30. The van der Waals surface area contributed by atoms with E-state index in [0.717, 1.165) is 67.9 Å². The number of benzene rings is 2. The summed E-state index contributed by atoms with van der Waals surface area (Å²) in [6.45, 7) is 5.03. The van der Waals surface area contributed by atoms with Gasteiger partial charge in [-0.1, -0.05) is 19.1 Å². The van der Waals surface area contributed by atoms with Gasteiger partial charge in [0.25, 0.3) is 5.91 Å². The number of aryl methyl sites for hydroxylation is 1. The molecule has 2 fully saturated rings. The van der Waals surface area contributed by atoms with Crippen LogP contribution in [0.5, 0.6) is 5.75 Å². The quantitative estimate of drug-likeness (QED) is 0.367. The van der Waals surface area contributed by atoms with E-state index in [1.54, 1.807) is 7.11 Å². The highest BCUT2D eigenvalue weighted by molar-refractivity contribution is 6.01. The van der Waals surface area contributed by atoms with Gasteiger partial charge in [-0.3, -0.25) is 4.79 Å². The number of para-hydroxylation sites is 1. The fourth-order valence-corrected chi connectivity index (χ4v) is 7.45. The van der Waals surface area contributed by atoms with Crippen LogP contribution in [0.15, 0.2) is 36.4 Å². The number of methoxy groups -OCH3 is 1. The van der Waals surface area contributed by atoms with E-state index in [1.807, 2.05) is 19.2 Å². The summed E-state index contributed by atoms with van der Waals surface area (Å²) in [6.07, 6.45) is 5.25. The monoisotopic (exact) mass is 527 g/mol. The van der Waals surface area contributed by atoms with Crippen molar-refractivity contribution in [3.63, 3.8) is 0 Å². The summed E-state index contributed by atoms with van der Waals surface area (Å²) in [5.41, 5.74) is 5.86. The van der Waals surface area contributed by atoms with E-state index < -0.39 is 0 Å². The summed E-state index contributed by atoms with van der Waals surface area (Å²) in [5.74, 6) is 2.30. The zero-order chi connectivity index (χ0) is 26.8. The summed E-state index contributed by atoms with van der Waals surface area (Å²) >= 11 is 0. The molecule has 1 saturated heterocycles. The molecule has 1 unspecified atom stereocenters. The van der Waals surface area contributed by atoms with Crippen LogP contribution in [0.2, 0.25) is 0 Å². The van der Waals surface area contributed by atoms with E-state index in [-0.39, 0.29) is 18.6 Å². The maximum atomic E-state index is 13.6. The van der Waals surface area contributed by atoms with Crippen LogP contribution in [0.1, 0.15) is 55.4 Å². The first-order valence-corrected chi connectivity index (χ1v) is 14.4. The topological polar surface area (TPSA) is 75.8 Å². The van der Waals surface area contributed by atoms with E-state index in [9.17, 15) is 9.90 Å². The molecule has 2 bridgehead atoms. The number of imidazole rings is 1. The van der Waals surface area contributed by atoms with Gasteiger partial charge in [0.2, 0.25) is 0 Å². The van der Waals surface area contributed by atoms with Crippen molar-refractivity contribution >= 4 is 33.5 Å². The Morgan fingerprint density at radius 1 is 1.15 bits per heavy atom.